The Morgan fingerprint density at radius 2 is 1.92 bits per heavy atom. The Bertz CT molecular complexity index is 145. The Labute approximate surface area is 81.9 Å². The highest BCUT2D eigenvalue weighted by molar-refractivity contribution is 5.78. The van der Waals surface area contributed by atoms with Crippen LogP contribution in [0.25, 0.3) is 0 Å². The van der Waals surface area contributed by atoms with Crippen molar-refractivity contribution in [1.82, 2.24) is 0 Å². The van der Waals surface area contributed by atoms with Gasteiger partial charge in [-0.1, -0.05) is 45.4 Å². The van der Waals surface area contributed by atoms with Crippen molar-refractivity contribution >= 4 is 5.78 Å². The standard InChI is InChI=1S/C12H21O/c1-2-3-9-12(13)10-11-7-5-4-6-8-11/h11H,1-10H2. The number of hydrogen-bond donors (Lipinski definition) is 0. The van der Waals surface area contributed by atoms with Crippen LogP contribution in [0.5, 0.6) is 0 Å². The first-order valence-electron chi connectivity index (χ1n) is 5.64. The maximum absolute atomic E-state index is 11.4. The molecule has 0 aromatic rings. The highest BCUT2D eigenvalue weighted by Crippen LogP contribution is 2.26. The van der Waals surface area contributed by atoms with Crippen LogP contribution in [-0.2, 0) is 4.79 Å². The SMILES string of the molecule is [CH2]CCCC(=O)CC1CCCCC1. The molecule has 0 atom stereocenters. The summed E-state index contributed by atoms with van der Waals surface area (Å²) in [6.45, 7) is 3.75. The first-order valence-corrected chi connectivity index (χ1v) is 5.64. The first kappa shape index (κ1) is 10.7. The van der Waals surface area contributed by atoms with Gasteiger partial charge in [-0.2, -0.15) is 0 Å². The lowest BCUT2D eigenvalue weighted by atomic mass is 9.85. The van der Waals surface area contributed by atoms with Crippen LogP contribution >= 0.6 is 0 Å². The molecule has 0 heterocycles. The molecule has 0 bridgehead atoms. The second-order valence-corrected chi connectivity index (χ2v) is 4.20. The van der Waals surface area contributed by atoms with Crippen LogP contribution in [0.4, 0.5) is 0 Å². The molecule has 1 nitrogen and oxygen atoms in total. The number of Topliss-reactive ketones (excluding diaryl/α,β-unsaturated/α-hetero) is 1. The van der Waals surface area contributed by atoms with Crippen molar-refractivity contribution in [2.24, 2.45) is 5.92 Å². The third kappa shape index (κ3) is 4.44. The minimum atomic E-state index is 0.468. The Morgan fingerprint density at radius 1 is 1.23 bits per heavy atom. The maximum atomic E-state index is 11.4. The molecule has 1 rings (SSSR count). The predicted octanol–water partition coefficient (Wildman–Crippen LogP) is 3.53. The number of hydrogen-bond acceptors (Lipinski definition) is 1. The van der Waals surface area contributed by atoms with Gasteiger partial charge in [-0.15, -0.1) is 0 Å². The molecule has 1 saturated carbocycles. The van der Waals surface area contributed by atoms with E-state index in [2.05, 4.69) is 6.92 Å². The van der Waals surface area contributed by atoms with Crippen LogP contribution in [0.3, 0.4) is 0 Å². The van der Waals surface area contributed by atoms with E-state index in [0.717, 1.165) is 25.7 Å². The van der Waals surface area contributed by atoms with Gasteiger partial charge < -0.3 is 0 Å². The Balaban J connectivity index is 2.11. The molecule has 1 heteroatoms. The van der Waals surface area contributed by atoms with Gasteiger partial charge in [0.15, 0.2) is 0 Å². The highest BCUT2D eigenvalue weighted by Gasteiger charge is 2.16. The van der Waals surface area contributed by atoms with Gasteiger partial charge in [-0.25, -0.2) is 0 Å². The van der Waals surface area contributed by atoms with Gasteiger partial charge in [-0.3, -0.25) is 4.79 Å². The van der Waals surface area contributed by atoms with Crippen LogP contribution in [0.1, 0.15) is 57.8 Å². The van der Waals surface area contributed by atoms with E-state index >= 15 is 0 Å². The van der Waals surface area contributed by atoms with Crippen LogP contribution < -0.4 is 0 Å². The minimum absolute atomic E-state index is 0.468. The van der Waals surface area contributed by atoms with Crippen LogP contribution in [0.2, 0.25) is 0 Å². The lowest BCUT2D eigenvalue weighted by Crippen LogP contribution is -2.11. The first-order chi connectivity index (χ1) is 6.33. The molecule has 75 valence electrons. The number of rotatable bonds is 5. The average molecular weight is 181 g/mol. The minimum Gasteiger partial charge on any atom is -0.300 e. The fraction of sp³-hybridized carbons (Fsp3) is 0.833. The molecular weight excluding hydrogens is 160 g/mol. The third-order valence-electron chi connectivity index (χ3n) is 2.95. The summed E-state index contributed by atoms with van der Waals surface area (Å²) >= 11 is 0. The van der Waals surface area contributed by atoms with Gasteiger partial charge in [0.05, 0.1) is 0 Å². The van der Waals surface area contributed by atoms with Gasteiger partial charge in [0.1, 0.15) is 5.78 Å². The molecule has 0 saturated heterocycles. The van der Waals surface area contributed by atoms with E-state index in [-0.39, 0.29) is 0 Å². The Kier molecular flexibility index (Phi) is 5.10. The second kappa shape index (κ2) is 6.17. The van der Waals surface area contributed by atoms with Crippen molar-refractivity contribution in [3.63, 3.8) is 0 Å². The summed E-state index contributed by atoms with van der Waals surface area (Å²) in [6.07, 6.45) is 10.1. The molecule has 0 N–H and O–H groups in total. The van der Waals surface area contributed by atoms with Crippen molar-refractivity contribution < 1.29 is 4.79 Å². The summed E-state index contributed by atoms with van der Waals surface area (Å²) in [5, 5.41) is 0. The number of ketones is 1. The topological polar surface area (TPSA) is 17.1 Å². The number of carbonyl (C=O) groups is 1. The van der Waals surface area contributed by atoms with E-state index in [1.807, 2.05) is 0 Å². The highest BCUT2D eigenvalue weighted by atomic mass is 16.1. The van der Waals surface area contributed by atoms with Crippen molar-refractivity contribution in [1.29, 1.82) is 0 Å². The van der Waals surface area contributed by atoms with E-state index < -0.39 is 0 Å². The predicted molar refractivity (Wildman–Crippen MR) is 55.4 cm³/mol. The Morgan fingerprint density at radius 3 is 2.54 bits per heavy atom. The molecule has 1 aliphatic carbocycles. The molecule has 1 radical (unpaired) electrons. The van der Waals surface area contributed by atoms with E-state index in [4.69, 9.17) is 0 Å². The van der Waals surface area contributed by atoms with E-state index in [1.165, 1.54) is 32.1 Å². The zero-order chi connectivity index (χ0) is 9.52. The van der Waals surface area contributed by atoms with Crippen LogP contribution in [0.15, 0.2) is 0 Å². The molecule has 0 spiro atoms. The third-order valence-corrected chi connectivity index (χ3v) is 2.95. The fourth-order valence-electron chi connectivity index (χ4n) is 2.14. The molecule has 0 amide bonds. The summed E-state index contributed by atoms with van der Waals surface area (Å²) in [5.74, 6) is 1.18. The molecule has 0 unspecified atom stereocenters. The van der Waals surface area contributed by atoms with E-state index in [9.17, 15) is 4.79 Å². The molecule has 0 aromatic heterocycles. The quantitative estimate of drug-likeness (QED) is 0.634. The molecular formula is C12H21O. The summed E-state index contributed by atoms with van der Waals surface area (Å²) < 4.78 is 0. The van der Waals surface area contributed by atoms with Crippen molar-refractivity contribution in [2.45, 2.75) is 57.8 Å². The lowest BCUT2D eigenvalue weighted by molar-refractivity contribution is -0.120. The van der Waals surface area contributed by atoms with Crippen LogP contribution in [-0.4, -0.2) is 5.78 Å². The van der Waals surface area contributed by atoms with Gasteiger partial charge in [0.2, 0.25) is 0 Å². The molecule has 0 aromatic carbocycles. The zero-order valence-electron chi connectivity index (χ0n) is 8.56. The normalized spacial score (nSPS) is 18.8. The summed E-state index contributed by atoms with van der Waals surface area (Å²) in [5.41, 5.74) is 0. The van der Waals surface area contributed by atoms with Crippen molar-refractivity contribution in [2.75, 3.05) is 0 Å². The number of unbranched alkanes of at least 4 members (excludes halogenated alkanes) is 1. The summed E-state index contributed by atoms with van der Waals surface area (Å²) in [4.78, 5) is 11.4. The van der Waals surface area contributed by atoms with Gasteiger partial charge in [0.25, 0.3) is 0 Å². The number of carbonyl (C=O) groups excluding carboxylic acids is 1. The maximum Gasteiger partial charge on any atom is 0.133 e. The monoisotopic (exact) mass is 181 g/mol. The smallest absolute Gasteiger partial charge is 0.133 e. The second-order valence-electron chi connectivity index (χ2n) is 4.20. The fourth-order valence-corrected chi connectivity index (χ4v) is 2.14. The van der Waals surface area contributed by atoms with Gasteiger partial charge in [-0.05, 0) is 12.3 Å². The van der Waals surface area contributed by atoms with E-state index in [0.29, 0.717) is 11.7 Å². The van der Waals surface area contributed by atoms with Crippen molar-refractivity contribution in [3.8, 4) is 0 Å². The van der Waals surface area contributed by atoms with Gasteiger partial charge in [0, 0.05) is 12.8 Å². The van der Waals surface area contributed by atoms with Gasteiger partial charge >= 0.3 is 0 Å². The zero-order valence-corrected chi connectivity index (χ0v) is 8.56. The average Bonchev–Trinajstić information content (AvgIpc) is 2.16. The molecule has 13 heavy (non-hydrogen) atoms. The van der Waals surface area contributed by atoms with Crippen molar-refractivity contribution in [3.05, 3.63) is 6.92 Å². The van der Waals surface area contributed by atoms with E-state index in [1.54, 1.807) is 0 Å². The molecule has 1 fully saturated rings. The lowest BCUT2D eigenvalue weighted by Gasteiger charge is -2.20. The molecule has 0 aliphatic heterocycles. The summed E-state index contributed by atoms with van der Waals surface area (Å²) in [7, 11) is 0. The largest absolute Gasteiger partial charge is 0.300 e. The molecule has 1 aliphatic rings. The Hall–Kier alpha value is -0.330. The van der Waals surface area contributed by atoms with Crippen LogP contribution in [0, 0.1) is 12.8 Å². The summed E-state index contributed by atoms with van der Waals surface area (Å²) in [6, 6.07) is 0.